The minimum absolute atomic E-state index is 0.189. The van der Waals surface area contributed by atoms with Crippen molar-refractivity contribution in [1.29, 1.82) is 0 Å². The minimum atomic E-state index is -4.72. The van der Waals surface area contributed by atoms with Gasteiger partial charge in [-0.15, -0.1) is 0 Å². The lowest BCUT2D eigenvalue weighted by Crippen LogP contribution is -2.22. The molecule has 0 amide bonds. The summed E-state index contributed by atoms with van der Waals surface area (Å²) < 4.78 is 66.9. The van der Waals surface area contributed by atoms with Crippen molar-refractivity contribution in [2.24, 2.45) is 5.92 Å². The molecule has 146 valence electrons. The highest BCUT2D eigenvalue weighted by Crippen LogP contribution is 2.45. The SMILES string of the molecule is CC[C@@H]1CCc2c(ccc3ccc(F)cc23)[C@H]1c1ccc(C(F)(F)F)c(F)c1. The average molecular weight is 390 g/mol. The van der Waals surface area contributed by atoms with Crippen molar-refractivity contribution >= 4 is 10.8 Å². The molecule has 3 aromatic carbocycles. The fourth-order valence-electron chi connectivity index (χ4n) is 4.54. The zero-order chi connectivity index (χ0) is 20.1. The van der Waals surface area contributed by atoms with Crippen molar-refractivity contribution in [2.75, 3.05) is 0 Å². The topological polar surface area (TPSA) is 0 Å². The lowest BCUT2D eigenvalue weighted by molar-refractivity contribution is -0.140. The van der Waals surface area contributed by atoms with Gasteiger partial charge >= 0.3 is 6.18 Å². The normalized spacial score (nSPS) is 19.6. The monoisotopic (exact) mass is 390 g/mol. The van der Waals surface area contributed by atoms with Crippen molar-refractivity contribution in [3.05, 3.63) is 82.4 Å². The molecule has 0 nitrogen and oxygen atoms in total. The van der Waals surface area contributed by atoms with Gasteiger partial charge in [-0.25, -0.2) is 8.78 Å². The van der Waals surface area contributed by atoms with E-state index in [0.29, 0.717) is 5.56 Å². The molecule has 1 aliphatic rings. The molecule has 0 heterocycles. The largest absolute Gasteiger partial charge is 0.419 e. The Hall–Kier alpha value is -2.43. The third-order valence-electron chi connectivity index (χ3n) is 5.89. The van der Waals surface area contributed by atoms with E-state index in [-0.39, 0.29) is 17.7 Å². The lowest BCUT2D eigenvalue weighted by Gasteiger charge is -2.34. The van der Waals surface area contributed by atoms with Crippen LogP contribution < -0.4 is 0 Å². The van der Waals surface area contributed by atoms with Crippen LogP contribution in [0.25, 0.3) is 10.8 Å². The zero-order valence-electron chi connectivity index (χ0n) is 15.3. The smallest absolute Gasteiger partial charge is 0.207 e. The molecule has 2 atom stereocenters. The van der Waals surface area contributed by atoms with Gasteiger partial charge in [0.05, 0.1) is 5.56 Å². The summed E-state index contributed by atoms with van der Waals surface area (Å²) in [5, 5.41) is 1.75. The van der Waals surface area contributed by atoms with Gasteiger partial charge in [0.2, 0.25) is 0 Å². The first-order valence-electron chi connectivity index (χ1n) is 9.37. The zero-order valence-corrected chi connectivity index (χ0v) is 15.3. The van der Waals surface area contributed by atoms with Crippen LogP contribution in [0.4, 0.5) is 22.0 Å². The average Bonchev–Trinajstić information content (AvgIpc) is 2.65. The molecule has 0 N–H and O–H groups in total. The number of alkyl halides is 3. The Balaban J connectivity index is 1.88. The maximum Gasteiger partial charge on any atom is 0.419 e. The molecule has 0 spiro atoms. The summed E-state index contributed by atoms with van der Waals surface area (Å²) in [7, 11) is 0. The molecule has 28 heavy (non-hydrogen) atoms. The van der Waals surface area contributed by atoms with Crippen LogP contribution in [-0.4, -0.2) is 0 Å². The summed E-state index contributed by atoms with van der Waals surface area (Å²) in [6.07, 6.45) is -2.29. The van der Waals surface area contributed by atoms with Gasteiger partial charge in [-0.05, 0) is 70.5 Å². The maximum atomic E-state index is 14.2. The van der Waals surface area contributed by atoms with Crippen LogP contribution in [0.2, 0.25) is 0 Å². The molecular weight excluding hydrogens is 371 g/mol. The van der Waals surface area contributed by atoms with Crippen molar-refractivity contribution < 1.29 is 22.0 Å². The van der Waals surface area contributed by atoms with E-state index in [4.69, 9.17) is 0 Å². The van der Waals surface area contributed by atoms with Crippen LogP contribution in [-0.2, 0) is 12.6 Å². The molecule has 0 radical (unpaired) electrons. The highest BCUT2D eigenvalue weighted by molar-refractivity contribution is 5.87. The molecule has 0 bridgehead atoms. The van der Waals surface area contributed by atoms with Crippen LogP contribution in [0.15, 0.2) is 48.5 Å². The van der Waals surface area contributed by atoms with Gasteiger partial charge in [0.25, 0.3) is 0 Å². The number of fused-ring (bicyclic) bond motifs is 3. The molecular formula is C23H19F5. The number of aryl methyl sites for hydroxylation is 1. The van der Waals surface area contributed by atoms with E-state index in [1.54, 1.807) is 6.07 Å². The second-order valence-electron chi connectivity index (χ2n) is 7.42. The predicted octanol–water partition coefficient (Wildman–Crippen LogP) is 7.24. The molecule has 0 fully saturated rings. The Kier molecular flexibility index (Phi) is 4.64. The Morgan fingerprint density at radius 2 is 1.71 bits per heavy atom. The second kappa shape index (κ2) is 6.87. The molecule has 0 unspecified atom stereocenters. The fourth-order valence-corrected chi connectivity index (χ4v) is 4.54. The summed E-state index contributed by atoms with van der Waals surface area (Å²) in [6.45, 7) is 2.03. The molecule has 0 aliphatic heterocycles. The highest BCUT2D eigenvalue weighted by Gasteiger charge is 2.36. The van der Waals surface area contributed by atoms with Crippen LogP contribution in [0.5, 0.6) is 0 Å². The first-order chi connectivity index (χ1) is 13.3. The van der Waals surface area contributed by atoms with Crippen molar-refractivity contribution in [3.8, 4) is 0 Å². The van der Waals surface area contributed by atoms with Gasteiger partial charge in [0, 0.05) is 5.92 Å². The summed E-state index contributed by atoms with van der Waals surface area (Å²) in [5.41, 5.74) is 1.25. The Morgan fingerprint density at radius 3 is 2.39 bits per heavy atom. The summed E-state index contributed by atoms with van der Waals surface area (Å²) in [5.74, 6) is -1.60. The van der Waals surface area contributed by atoms with Gasteiger partial charge in [-0.2, -0.15) is 13.2 Å². The van der Waals surface area contributed by atoms with E-state index >= 15 is 0 Å². The molecule has 3 aromatic rings. The summed E-state index contributed by atoms with van der Waals surface area (Å²) in [4.78, 5) is 0. The van der Waals surface area contributed by atoms with Crippen LogP contribution >= 0.6 is 0 Å². The number of hydrogen-bond acceptors (Lipinski definition) is 0. The standard InChI is InChI=1S/C23H19F5/c1-2-13-4-8-17-18(9-5-14-3-7-16(24)12-19(14)17)22(13)15-6-10-20(21(25)11-15)23(26,27)28/h3,5-7,9-13,22H,2,4,8H2,1H3/t13-,22-/m1/s1. The summed E-state index contributed by atoms with van der Waals surface area (Å²) in [6, 6.07) is 11.7. The first-order valence-corrected chi connectivity index (χ1v) is 9.37. The van der Waals surface area contributed by atoms with Gasteiger partial charge in [-0.1, -0.05) is 37.6 Å². The van der Waals surface area contributed by atoms with E-state index in [1.807, 2.05) is 19.1 Å². The van der Waals surface area contributed by atoms with Crippen LogP contribution in [0.1, 0.15) is 47.9 Å². The predicted molar refractivity (Wildman–Crippen MR) is 99.3 cm³/mol. The number of benzene rings is 3. The third-order valence-corrected chi connectivity index (χ3v) is 5.89. The summed E-state index contributed by atoms with van der Waals surface area (Å²) >= 11 is 0. The van der Waals surface area contributed by atoms with E-state index in [2.05, 4.69) is 0 Å². The number of halogens is 5. The van der Waals surface area contributed by atoms with Crippen LogP contribution in [0.3, 0.4) is 0 Å². The third kappa shape index (κ3) is 3.17. The minimum Gasteiger partial charge on any atom is -0.207 e. The Labute approximate surface area is 160 Å². The van der Waals surface area contributed by atoms with Gasteiger partial charge < -0.3 is 0 Å². The quantitative estimate of drug-likeness (QED) is 0.405. The Bertz CT molecular complexity index is 1040. The molecule has 0 aromatic heterocycles. The lowest BCUT2D eigenvalue weighted by atomic mass is 9.70. The van der Waals surface area contributed by atoms with Crippen molar-refractivity contribution in [3.63, 3.8) is 0 Å². The maximum absolute atomic E-state index is 14.2. The second-order valence-corrected chi connectivity index (χ2v) is 7.42. The van der Waals surface area contributed by atoms with E-state index in [0.717, 1.165) is 53.3 Å². The van der Waals surface area contributed by atoms with Gasteiger partial charge in [0.15, 0.2) is 0 Å². The van der Waals surface area contributed by atoms with Crippen molar-refractivity contribution in [1.82, 2.24) is 0 Å². The molecule has 0 saturated carbocycles. The first kappa shape index (κ1) is 18.9. The Morgan fingerprint density at radius 1 is 0.964 bits per heavy atom. The molecule has 5 heteroatoms. The van der Waals surface area contributed by atoms with Gasteiger partial charge in [-0.3, -0.25) is 0 Å². The van der Waals surface area contributed by atoms with Crippen LogP contribution in [0, 0.1) is 17.6 Å². The number of hydrogen-bond donors (Lipinski definition) is 0. The van der Waals surface area contributed by atoms with Crippen molar-refractivity contribution in [2.45, 2.75) is 38.3 Å². The van der Waals surface area contributed by atoms with E-state index < -0.39 is 17.6 Å². The molecule has 0 saturated heterocycles. The molecule has 4 rings (SSSR count). The fraction of sp³-hybridized carbons (Fsp3) is 0.304. The number of rotatable bonds is 2. The van der Waals surface area contributed by atoms with E-state index in [9.17, 15) is 22.0 Å². The van der Waals surface area contributed by atoms with E-state index in [1.165, 1.54) is 18.2 Å². The highest BCUT2D eigenvalue weighted by atomic mass is 19.4. The molecule has 1 aliphatic carbocycles. The van der Waals surface area contributed by atoms with Gasteiger partial charge in [0.1, 0.15) is 11.6 Å².